The standard InChI is InChI=1S/C11H22N2O3S.ClH/c1-17(15,16)8-11(14)13-10(7-12)9-5-3-2-4-6-9;/h9-10H,2-8,12H2,1H3,(H,13,14);1H. The molecule has 0 aromatic heterocycles. The maximum Gasteiger partial charge on any atom is 0.235 e. The van der Waals surface area contributed by atoms with Gasteiger partial charge in [-0.3, -0.25) is 4.79 Å². The van der Waals surface area contributed by atoms with Crippen LogP contribution in [0.15, 0.2) is 0 Å². The first-order valence-electron chi connectivity index (χ1n) is 6.09. The van der Waals surface area contributed by atoms with E-state index in [1.807, 2.05) is 0 Å². The van der Waals surface area contributed by atoms with Crippen molar-refractivity contribution < 1.29 is 13.2 Å². The Hall–Kier alpha value is -0.330. The second-order valence-corrected chi connectivity index (χ2v) is 7.02. The summed E-state index contributed by atoms with van der Waals surface area (Å²) in [5.41, 5.74) is 5.65. The minimum atomic E-state index is -3.26. The fourth-order valence-electron chi connectivity index (χ4n) is 2.39. The van der Waals surface area contributed by atoms with Crippen LogP contribution in [0.5, 0.6) is 0 Å². The monoisotopic (exact) mass is 298 g/mol. The lowest BCUT2D eigenvalue weighted by atomic mass is 9.84. The van der Waals surface area contributed by atoms with Crippen molar-refractivity contribution in [2.24, 2.45) is 11.7 Å². The highest BCUT2D eigenvalue weighted by Gasteiger charge is 2.24. The quantitative estimate of drug-likeness (QED) is 0.772. The van der Waals surface area contributed by atoms with Gasteiger partial charge in [-0.15, -0.1) is 12.4 Å². The zero-order chi connectivity index (χ0) is 12.9. The third-order valence-electron chi connectivity index (χ3n) is 3.21. The number of halogens is 1. The molecule has 0 radical (unpaired) electrons. The molecular formula is C11H23ClN2O3S. The first-order chi connectivity index (χ1) is 7.92. The van der Waals surface area contributed by atoms with Gasteiger partial charge in [0.15, 0.2) is 9.84 Å². The van der Waals surface area contributed by atoms with Crippen LogP contribution in [0.2, 0.25) is 0 Å². The molecule has 0 aliphatic heterocycles. The van der Waals surface area contributed by atoms with Gasteiger partial charge in [-0.05, 0) is 18.8 Å². The van der Waals surface area contributed by atoms with Gasteiger partial charge in [0.25, 0.3) is 0 Å². The van der Waals surface area contributed by atoms with E-state index in [0.29, 0.717) is 12.5 Å². The molecule has 1 amide bonds. The fourth-order valence-corrected chi connectivity index (χ4v) is 2.95. The third-order valence-corrected chi connectivity index (χ3v) is 4.00. The largest absolute Gasteiger partial charge is 0.351 e. The lowest BCUT2D eigenvalue weighted by molar-refractivity contribution is -0.119. The fraction of sp³-hybridized carbons (Fsp3) is 0.909. The van der Waals surface area contributed by atoms with Crippen LogP contribution in [0.1, 0.15) is 32.1 Å². The van der Waals surface area contributed by atoms with E-state index in [2.05, 4.69) is 5.32 Å². The molecule has 1 aliphatic carbocycles. The summed E-state index contributed by atoms with van der Waals surface area (Å²) in [4.78, 5) is 11.5. The smallest absolute Gasteiger partial charge is 0.235 e. The van der Waals surface area contributed by atoms with E-state index >= 15 is 0 Å². The number of rotatable bonds is 5. The minimum absolute atomic E-state index is 0. The Kier molecular flexibility index (Phi) is 7.82. The van der Waals surface area contributed by atoms with Crippen LogP contribution in [0.3, 0.4) is 0 Å². The number of carbonyl (C=O) groups is 1. The van der Waals surface area contributed by atoms with Crippen LogP contribution >= 0.6 is 12.4 Å². The zero-order valence-corrected chi connectivity index (χ0v) is 12.4. The molecule has 0 spiro atoms. The molecule has 3 N–H and O–H groups in total. The van der Waals surface area contributed by atoms with Crippen LogP contribution in [0.25, 0.3) is 0 Å². The van der Waals surface area contributed by atoms with Gasteiger partial charge >= 0.3 is 0 Å². The molecule has 1 atom stereocenters. The van der Waals surface area contributed by atoms with Crippen molar-refractivity contribution in [3.63, 3.8) is 0 Å². The van der Waals surface area contributed by atoms with Gasteiger partial charge in [-0.2, -0.15) is 0 Å². The van der Waals surface area contributed by atoms with E-state index < -0.39 is 21.5 Å². The number of sulfone groups is 1. The normalized spacial score (nSPS) is 18.8. The molecule has 18 heavy (non-hydrogen) atoms. The summed E-state index contributed by atoms with van der Waals surface area (Å²) in [5.74, 6) is -0.485. The Labute approximate surface area is 115 Å². The van der Waals surface area contributed by atoms with E-state index in [1.54, 1.807) is 0 Å². The molecule has 1 saturated carbocycles. The van der Waals surface area contributed by atoms with Crippen molar-refractivity contribution in [2.75, 3.05) is 18.6 Å². The SMILES string of the molecule is CS(=O)(=O)CC(=O)NC(CN)C1CCCCC1.Cl. The highest BCUT2D eigenvalue weighted by molar-refractivity contribution is 7.91. The van der Waals surface area contributed by atoms with Gasteiger partial charge in [0.2, 0.25) is 5.91 Å². The molecule has 0 bridgehead atoms. The highest BCUT2D eigenvalue weighted by Crippen LogP contribution is 2.26. The van der Waals surface area contributed by atoms with Gasteiger partial charge in [0, 0.05) is 18.8 Å². The maximum absolute atomic E-state index is 11.5. The Bertz CT molecular complexity index is 353. The van der Waals surface area contributed by atoms with Crippen LogP contribution in [-0.4, -0.2) is 38.9 Å². The molecule has 0 aromatic rings. The molecule has 1 aliphatic rings. The van der Waals surface area contributed by atoms with Crippen molar-refractivity contribution in [1.29, 1.82) is 0 Å². The topological polar surface area (TPSA) is 89.3 Å². The molecule has 0 saturated heterocycles. The average Bonchev–Trinajstić information content (AvgIpc) is 2.24. The van der Waals surface area contributed by atoms with E-state index in [-0.39, 0.29) is 18.4 Å². The molecule has 108 valence electrons. The lowest BCUT2D eigenvalue weighted by Gasteiger charge is -2.30. The van der Waals surface area contributed by atoms with Gasteiger partial charge in [-0.25, -0.2) is 8.42 Å². The Morgan fingerprint density at radius 2 is 1.89 bits per heavy atom. The van der Waals surface area contributed by atoms with E-state index in [4.69, 9.17) is 5.73 Å². The predicted octanol–water partition coefficient (Wildman–Crippen LogP) is 0.477. The number of hydrogen-bond donors (Lipinski definition) is 2. The van der Waals surface area contributed by atoms with Crippen molar-refractivity contribution in [3.05, 3.63) is 0 Å². The van der Waals surface area contributed by atoms with E-state index in [1.165, 1.54) is 19.3 Å². The Morgan fingerprint density at radius 1 is 1.33 bits per heavy atom. The number of nitrogens with one attached hydrogen (secondary N) is 1. The summed E-state index contributed by atoms with van der Waals surface area (Å²) in [7, 11) is -3.26. The zero-order valence-electron chi connectivity index (χ0n) is 10.7. The minimum Gasteiger partial charge on any atom is -0.351 e. The number of hydrogen-bond acceptors (Lipinski definition) is 4. The van der Waals surface area contributed by atoms with Crippen LogP contribution in [-0.2, 0) is 14.6 Å². The Morgan fingerprint density at radius 3 is 2.33 bits per heavy atom. The first kappa shape index (κ1) is 17.7. The molecular weight excluding hydrogens is 276 g/mol. The molecule has 0 heterocycles. The maximum atomic E-state index is 11.5. The van der Waals surface area contributed by atoms with Gasteiger partial charge < -0.3 is 11.1 Å². The second kappa shape index (κ2) is 7.96. The van der Waals surface area contributed by atoms with Crippen LogP contribution in [0, 0.1) is 5.92 Å². The van der Waals surface area contributed by atoms with Crippen molar-refractivity contribution in [3.8, 4) is 0 Å². The highest BCUT2D eigenvalue weighted by atomic mass is 35.5. The predicted molar refractivity (Wildman–Crippen MR) is 74.5 cm³/mol. The number of carbonyl (C=O) groups excluding carboxylic acids is 1. The summed E-state index contributed by atoms with van der Waals surface area (Å²) in [6.45, 7) is 0.375. The van der Waals surface area contributed by atoms with Crippen molar-refractivity contribution in [2.45, 2.75) is 38.1 Å². The molecule has 0 aromatic carbocycles. The number of amides is 1. The van der Waals surface area contributed by atoms with Crippen molar-refractivity contribution >= 4 is 28.2 Å². The van der Waals surface area contributed by atoms with Gasteiger partial charge in [-0.1, -0.05) is 19.3 Å². The second-order valence-electron chi connectivity index (χ2n) is 4.88. The summed E-state index contributed by atoms with van der Waals surface area (Å²) < 4.78 is 22.0. The number of nitrogens with two attached hydrogens (primary N) is 1. The average molecular weight is 299 g/mol. The lowest BCUT2D eigenvalue weighted by Crippen LogP contribution is -2.47. The summed E-state index contributed by atoms with van der Waals surface area (Å²) in [6, 6.07) is -0.0791. The van der Waals surface area contributed by atoms with E-state index in [0.717, 1.165) is 19.1 Å². The molecule has 1 fully saturated rings. The first-order valence-corrected chi connectivity index (χ1v) is 8.15. The molecule has 7 heteroatoms. The van der Waals surface area contributed by atoms with Crippen LogP contribution < -0.4 is 11.1 Å². The van der Waals surface area contributed by atoms with Crippen molar-refractivity contribution in [1.82, 2.24) is 5.32 Å². The molecule has 1 unspecified atom stereocenters. The molecule has 1 rings (SSSR count). The summed E-state index contributed by atoms with van der Waals surface area (Å²) in [6.07, 6.45) is 6.78. The van der Waals surface area contributed by atoms with Gasteiger partial charge in [0.1, 0.15) is 5.75 Å². The van der Waals surface area contributed by atoms with Gasteiger partial charge in [0.05, 0.1) is 0 Å². The van der Waals surface area contributed by atoms with Crippen LogP contribution in [0.4, 0.5) is 0 Å². The summed E-state index contributed by atoms with van der Waals surface area (Å²) >= 11 is 0. The van der Waals surface area contributed by atoms with E-state index in [9.17, 15) is 13.2 Å². The summed E-state index contributed by atoms with van der Waals surface area (Å²) in [5, 5.41) is 2.75. The molecule has 5 nitrogen and oxygen atoms in total. The Balaban J connectivity index is 0.00000289. The third kappa shape index (κ3) is 6.56.